The van der Waals surface area contributed by atoms with Crippen LogP contribution in [0.4, 0.5) is 11.5 Å². The number of hydrogen-bond donors (Lipinski definition) is 2. The minimum atomic E-state index is -0.156. The lowest BCUT2D eigenvalue weighted by Gasteiger charge is -2.22. The average Bonchev–Trinajstić information content (AvgIpc) is 3.19. The zero-order chi connectivity index (χ0) is 21.7. The van der Waals surface area contributed by atoms with Crippen LogP contribution in [-0.4, -0.2) is 25.7 Å². The Labute approximate surface area is 187 Å². The maximum Gasteiger partial charge on any atom is 0.261 e. The first-order valence-electron chi connectivity index (χ1n) is 11.8. The van der Waals surface area contributed by atoms with Crippen molar-refractivity contribution in [1.29, 1.82) is 5.26 Å². The molecule has 1 aromatic carbocycles. The summed E-state index contributed by atoms with van der Waals surface area (Å²) in [6, 6.07) is 11.4. The van der Waals surface area contributed by atoms with Crippen LogP contribution in [0.2, 0.25) is 0 Å². The van der Waals surface area contributed by atoms with Gasteiger partial charge in [0.05, 0.1) is 24.0 Å². The van der Waals surface area contributed by atoms with E-state index in [4.69, 9.17) is 5.10 Å². The second-order valence-electron chi connectivity index (χ2n) is 9.58. The number of aromatic nitrogens is 3. The first-order valence-corrected chi connectivity index (χ1v) is 11.8. The van der Waals surface area contributed by atoms with E-state index in [1.54, 1.807) is 6.20 Å². The number of aromatic amines is 1. The molecule has 1 unspecified atom stereocenters. The number of anilines is 2. The van der Waals surface area contributed by atoms with Crippen LogP contribution < -0.4 is 10.9 Å². The number of fused-ring (bicyclic) bond motifs is 2. The number of rotatable bonds is 6. The quantitative estimate of drug-likeness (QED) is 0.599. The van der Waals surface area contributed by atoms with Gasteiger partial charge in [0, 0.05) is 31.0 Å². The van der Waals surface area contributed by atoms with Gasteiger partial charge in [-0.2, -0.15) is 10.4 Å². The molecule has 32 heavy (non-hydrogen) atoms. The molecule has 0 amide bonds. The van der Waals surface area contributed by atoms with E-state index >= 15 is 0 Å². The molecule has 3 heterocycles. The fraction of sp³-hybridized carbons (Fsp3) is 0.480. The highest BCUT2D eigenvalue weighted by Gasteiger charge is 2.34. The summed E-state index contributed by atoms with van der Waals surface area (Å²) in [5, 5.41) is 18.2. The summed E-state index contributed by atoms with van der Waals surface area (Å²) in [6.45, 7) is 2.03. The molecule has 7 nitrogen and oxygen atoms in total. The highest BCUT2D eigenvalue weighted by Crippen LogP contribution is 2.43. The Balaban J connectivity index is 1.32. The Kier molecular flexibility index (Phi) is 4.76. The van der Waals surface area contributed by atoms with E-state index in [2.05, 4.69) is 39.5 Å². The van der Waals surface area contributed by atoms with Crippen LogP contribution >= 0.6 is 0 Å². The van der Waals surface area contributed by atoms with Gasteiger partial charge in [-0.05, 0) is 60.9 Å². The molecule has 0 bridgehead atoms. The van der Waals surface area contributed by atoms with Crippen molar-refractivity contribution < 1.29 is 0 Å². The minimum absolute atomic E-state index is 0.0137. The summed E-state index contributed by atoms with van der Waals surface area (Å²) < 4.78 is 1.91. The van der Waals surface area contributed by atoms with Crippen molar-refractivity contribution in [2.24, 2.45) is 5.92 Å². The molecule has 0 radical (unpaired) electrons. The fourth-order valence-corrected chi connectivity index (χ4v) is 5.63. The van der Waals surface area contributed by atoms with Gasteiger partial charge in [0.2, 0.25) is 0 Å². The fourth-order valence-electron chi connectivity index (χ4n) is 5.63. The van der Waals surface area contributed by atoms with E-state index in [1.165, 1.54) is 36.8 Å². The SMILES string of the molecule is N#CCC(C1CC1)n1nc(Nc2ccc3c(c2)CN(C2CCCC2)C3)c2c(=O)[nH]ccc21. The van der Waals surface area contributed by atoms with Gasteiger partial charge in [0.25, 0.3) is 5.56 Å². The summed E-state index contributed by atoms with van der Waals surface area (Å²) >= 11 is 0. The van der Waals surface area contributed by atoms with Crippen molar-refractivity contribution in [2.45, 2.75) is 70.1 Å². The van der Waals surface area contributed by atoms with E-state index < -0.39 is 0 Å². The Hall–Kier alpha value is -3.11. The second kappa shape index (κ2) is 7.79. The predicted octanol–water partition coefficient (Wildman–Crippen LogP) is 4.59. The molecule has 7 heteroatoms. The average molecular weight is 429 g/mol. The lowest BCUT2D eigenvalue weighted by Crippen LogP contribution is -2.27. The third kappa shape index (κ3) is 3.39. The number of hydrogen-bond acceptors (Lipinski definition) is 5. The van der Waals surface area contributed by atoms with Gasteiger partial charge in [-0.3, -0.25) is 14.4 Å². The normalized spacial score (nSPS) is 19.8. The molecule has 164 valence electrons. The third-order valence-electron chi connectivity index (χ3n) is 7.47. The summed E-state index contributed by atoms with van der Waals surface area (Å²) in [6.07, 6.45) is 9.63. The summed E-state index contributed by atoms with van der Waals surface area (Å²) in [4.78, 5) is 18.1. The first kappa shape index (κ1) is 19.6. The Morgan fingerprint density at radius 1 is 1.16 bits per heavy atom. The zero-order valence-electron chi connectivity index (χ0n) is 18.2. The summed E-state index contributed by atoms with van der Waals surface area (Å²) in [5.41, 5.74) is 4.35. The van der Waals surface area contributed by atoms with Crippen LogP contribution in [0.1, 0.15) is 62.1 Å². The second-order valence-corrected chi connectivity index (χ2v) is 9.58. The Morgan fingerprint density at radius 3 is 2.75 bits per heavy atom. The molecule has 2 saturated carbocycles. The molecule has 2 fully saturated rings. The molecule has 1 aliphatic heterocycles. The van der Waals surface area contributed by atoms with Gasteiger partial charge in [-0.15, -0.1) is 0 Å². The number of nitriles is 1. The standard InChI is InChI=1S/C25H28N6O/c26-11-9-21(16-5-6-16)31-22-10-12-27-25(32)23(22)24(29-31)28-19-8-7-17-14-30(15-18(17)13-19)20-3-1-2-4-20/h7-8,10,12-13,16,20-21H,1-6,9,14-15H2,(H,27,32)(H,28,29). The van der Waals surface area contributed by atoms with E-state index in [0.29, 0.717) is 23.5 Å². The monoisotopic (exact) mass is 428 g/mol. The van der Waals surface area contributed by atoms with Gasteiger partial charge >= 0.3 is 0 Å². The first-order chi connectivity index (χ1) is 15.7. The van der Waals surface area contributed by atoms with Crippen molar-refractivity contribution in [3.8, 4) is 6.07 Å². The smallest absolute Gasteiger partial charge is 0.261 e. The highest BCUT2D eigenvalue weighted by molar-refractivity contribution is 5.91. The minimum Gasteiger partial charge on any atom is -0.338 e. The van der Waals surface area contributed by atoms with Crippen LogP contribution in [0, 0.1) is 17.2 Å². The zero-order valence-corrected chi connectivity index (χ0v) is 18.2. The molecule has 6 rings (SSSR count). The molecular weight excluding hydrogens is 400 g/mol. The number of pyridine rings is 1. The highest BCUT2D eigenvalue weighted by atomic mass is 16.1. The van der Waals surface area contributed by atoms with E-state index in [0.717, 1.165) is 43.2 Å². The van der Waals surface area contributed by atoms with Gasteiger partial charge in [0.15, 0.2) is 5.82 Å². The molecule has 2 aromatic heterocycles. The summed E-state index contributed by atoms with van der Waals surface area (Å²) in [7, 11) is 0. The number of nitrogens with zero attached hydrogens (tertiary/aromatic N) is 4. The number of benzene rings is 1. The van der Waals surface area contributed by atoms with E-state index in [-0.39, 0.29) is 11.6 Å². The largest absolute Gasteiger partial charge is 0.338 e. The lowest BCUT2D eigenvalue weighted by atomic mass is 10.1. The van der Waals surface area contributed by atoms with Crippen LogP contribution in [0.25, 0.3) is 10.9 Å². The maximum atomic E-state index is 12.7. The lowest BCUT2D eigenvalue weighted by molar-refractivity contribution is 0.202. The molecule has 2 N–H and O–H groups in total. The van der Waals surface area contributed by atoms with Crippen LogP contribution in [0.5, 0.6) is 0 Å². The van der Waals surface area contributed by atoms with Gasteiger partial charge in [0.1, 0.15) is 5.39 Å². The summed E-state index contributed by atoms with van der Waals surface area (Å²) in [5.74, 6) is 1.03. The topological polar surface area (TPSA) is 89.7 Å². The van der Waals surface area contributed by atoms with Crippen LogP contribution in [0.3, 0.4) is 0 Å². The molecule has 1 atom stereocenters. The van der Waals surface area contributed by atoms with Crippen molar-refractivity contribution in [1.82, 2.24) is 19.7 Å². The number of H-pyrrole nitrogens is 1. The molecule has 0 spiro atoms. The molecule has 3 aliphatic rings. The van der Waals surface area contributed by atoms with Gasteiger partial charge in [-0.25, -0.2) is 0 Å². The van der Waals surface area contributed by atoms with Crippen molar-refractivity contribution >= 4 is 22.4 Å². The third-order valence-corrected chi connectivity index (χ3v) is 7.47. The maximum absolute atomic E-state index is 12.7. The van der Waals surface area contributed by atoms with Crippen molar-refractivity contribution in [3.63, 3.8) is 0 Å². The molecule has 2 aliphatic carbocycles. The number of nitrogens with one attached hydrogen (secondary N) is 2. The molecule has 0 saturated heterocycles. The Bertz CT molecular complexity index is 1260. The van der Waals surface area contributed by atoms with Crippen molar-refractivity contribution in [2.75, 3.05) is 5.32 Å². The Morgan fingerprint density at radius 2 is 1.97 bits per heavy atom. The van der Waals surface area contributed by atoms with Crippen LogP contribution in [-0.2, 0) is 13.1 Å². The van der Waals surface area contributed by atoms with Crippen LogP contribution in [0.15, 0.2) is 35.3 Å². The van der Waals surface area contributed by atoms with Crippen molar-refractivity contribution in [3.05, 3.63) is 51.9 Å². The van der Waals surface area contributed by atoms with E-state index in [9.17, 15) is 10.1 Å². The molecule has 3 aromatic rings. The molecular formula is C25H28N6O. The van der Waals surface area contributed by atoms with E-state index in [1.807, 2.05) is 10.7 Å². The van der Waals surface area contributed by atoms with Gasteiger partial charge in [-0.1, -0.05) is 18.9 Å². The predicted molar refractivity (Wildman–Crippen MR) is 124 cm³/mol. The van der Waals surface area contributed by atoms with Gasteiger partial charge < -0.3 is 10.3 Å².